The van der Waals surface area contributed by atoms with Crippen LogP contribution in [0.2, 0.25) is 0 Å². The lowest BCUT2D eigenvalue weighted by Gasteiger charge is -2.35. The third kappa shape index (κ3) is 3.74. The molecule has 22 heavy (non-hydrogen) atoms. The van der Waals surface area contributed by atoms with Crippen LogP contribution < -0.4 is 4.90 Å². The highest BCUT2D eigenvalue weighted by Gasteiger charge is 2.24. The molecule has 1 aromatic heterocycles. The molecule has 2 aliphatic rings. The summed E-state index contributed by atoms with van der Waals surface area (Å²) in [4.78, 5) is 23.2. The molecule has 0 unspecified atom stereocenters. The molecular weight excluding hydrogens is 302 g/mol. The molecule has 0 aliphatic carbocycles. The van der Waals surface area contributed by atoms with E-state index < -0.39 is 0 Å². The predicted octanol–water partition coefficient (Wildman–Crippen LogP) is 0.0813. The molecule has 3 heterocycles. The van der Waals surface area contributed by atoms with Crippen molar-refractivity contribution in [3.8, 4) is 0 Å². The van der Waals surface area contributed by atoms with Gasteiger partial charge < -0.3 is 14.5 Å². The summed E-state index contributed by atoms with van der Waals surface area (Å²) in [6.45, 7) is 8.99. The monoisotopic (exact) mass is 325 g/mol. The van der Waals surface area contributed by atoms with E-state index in [2.05, 4.69) is 26.1 Å². The van der Waals surface area contributed by atoms with E-state index >= 15 is 0 Å². The predicted molar refractivity (Wildman–Crippen MR) is 85.3 cm³/mol. The molecule has 0 aromatic carbocycles. The van der Waals surface area contributed by atoms with Crippen LogP contribution in [-0.2, 0) is 16.0 Å². The minimum atomic E-state index is 0.223. The SMILES string of the molecule is CCc1nsc(N2CCN(CC(=O)N3CCOCC3)CC2)n1. The fraction of sp³-hybridized carbons (Fsp3) is 0.786. The van der Waals surface area contributed by atoms with E-state index in [1.807, 2.05) is 4.90 Å². The van der Waals surface area contributed by atoms with Crippen LogP contribution in [0.15, 0.2) is 0 Å². The smallest absolute Gasteiger partial charge is 0.236 e. The number of rotatable bonds is 4. The Kier molecular flexibility index (Phi) is 5.22. The lowest BCUT2D eigenvalue weighted by molar-refractivity contribution is -0.136. The first-order chi connectivity index (χ1) is 10.8. The van der Waals surface area contributed by atoms with Crippen molar-refractivity contribution >= 4 is 22.6 Å². The Hall–Kier alpha value is -1.25. The van der Waals surface area contributed by atoms with E-state index in [9.17, 15) is 4.79 Å². The molecule has 0 saturated carbocycles. The molecular formula is C14H23N5O2S. The van der Waals surface area contributed by atoms with Crippen molar-refractivity contribution in [3.63, 3.8) is 0 Å². The highest BCUT2D eigenvalue weighted by Crippen LogP contribution is 2.19. The van der Waals surface area contributed by atoms with Gasteiger partial charge in [-0.25, -0.2) is 4.98 Å². The lowest BCUT2D eigenvalue weighted by Crippen LogP contribution is -2.51. The molecule has 1 amide bonds. The molecule has 3 rings (SSSR count). The average molecular weight is 325 g/mol. The highest BCUT2D eigenvalue weighted by molar-refractivity contribution is 7.09. The maximum Gasteiger partial charge on any atom is 0.236 e. The van der Waals surface area contributed by atoms with Gasteiger partial charge in [-0.2, -0.15) is 4.37 Å². The zero-order valence-corrected chi connectivity index (χ0v) is 13.8. The molecule has 0 radical (unpaired) electrons. The number of anilines is 1. The Morgan fingerprint density at radius 1 is 1.18 bits per heavy atom. The maximum absolute atomic E-state index is 12.3. The van der Waals surface area contributed by atoms with Gasteiger partial charge in [0.05, 0.1) is 19.8 Å². The third-order valence-corrected chi connectivity index (χ3v) is 4.95. The van der Waals surface area contributed by atoms with Crippen LogP contribution in [0.3, 0.4) is 0 Å². The topological polar surface area (TPSA) is 61.8 Å². The van der Waals surface area contributed by atoms with Crippen LogP contribution in [-0.4, -0.2) is 84.1 Å². The van der Waals surface area contributed by atoms with Gasteiger partial charge in [-0.05, 0) is 0 Å². The van der Waals surface area contributed by atoms with Gasteiger partial charge in [0, 0.05) is 57.2 Å². The summed E-state index contributed by atoms with van der Waals surface area (Å²) in [6, 6.07) is 0. The molecule has 1 aromatic rings. The lowest BCUT2D eigenvalue weighted by atomic mass is 10.3. The van der Waals surface area contributed by atoms with E-state index in [1.165, 1.54) is 11.5 Å². The first-order valence-electron chi connectivity index (χ1n) is 7.91. The number of morpholine rings is 1. The van der Waals surface area contributed by atoms with Crippen molar-refractivity contribution in [2.24, 2.45) is 0 Å². The summed E-state index contributed by atoms with van der Waals surface area (Å²) in [5.41, 5.74) is 0. The van der Waals surface area contributed by atoms with E-state index in [0.29, 0.717) is 19.8 Å². The van der Waals surface area contributed by atoms with Crippen molar-refractivity contribution in [2.45, 2.75) is 13.3 Å². The van der Waals surface area contributed by atoms with Crippen molar-refractivity contribution in [2.75, 3.05) is 63.9 Å². The molecule has 0 N–H and O–H groups in total. The first-order valence-corrected chi connectivity index (χ1v) is 8.69. The minimum absolute atomic E-state index is 0.223. The van der Waals surface area contributed by atoms with Crippen molar-refractivity contribution < 1.29 is 9.53 Å². The number of hydrogen-bond acceptors (Lipinski definition) is 7. The van der Waals surface area contributed by atoms with Gasteiger partial charge in [0.25, 0.3) is 0 Å². The van der Waals surface area contributed by atoms with Gasteiger partial charge >= 0.3 is 0 Å². The summed E-state index contributed by atoms with van der Waals surface area (Å²) in [6.07, 6.45) is 0.879. The number of carbonyl (C=O) groups is 1. The molecule has 2 saturated heterocycles. The number of nitrogens with zero attached hydrogens (tertiary/aromatic N) is 5. The maximum atomic E-state index is 12.3. The zero-order chi connectivity index (χ0) is 15.4. The number of aromatic nitrogens is 2. The van der Waals surface area contributed by atoms with E-state index in [0.717, 1.165) is 56.6 Å². The second-order valence-electron chi connectivity index (χ2n) is 5.60. The molecule has 0 spiro atoms. The van der Waals surface area contributed by atoms with E-state index in [-0.39, 0.29) is 5.91 Å². The van der Waals surface area contributed by atoms with Gasteiger partial charge in [0.15, 0.2) is 0 Å². The quantitative estimate of drug-likeness (QED) is 0.781. The molecule has 2 fully saturated rings. The van der Waals surface area contributed by atoms with Gasteiger partial charge in [-0.1, -0.05) is 6.92 Å². The summed E-state index contributed by atoms with van der Waals surface area (Å²) in [7, 11) is 0. The molecule has 0 bridgehead atoms. The molecule has 0 atom stereocenters. The van der Waals surface area contributed by atoms with Crippen LogP contribution >= 0.6 is 11.5 Å². The fourth-order valence-electron chi connectivity index (χ4n) is 2.72. The van der Waals surface area contributed by atoms with Crippen LogP contribution in [0.1, 0.15) is 12.7 Å². The van der Waals surface area contributed by atoms with Crippen LogP contribution in [0.25, 0.3) is 0 Å². The number of amides is 1. The van der Waals surface area contributed by atoms with Gasteiger partial charge in [0.1, 0.15) is 5.82 Å². The normalized spacial score (nSPS) is 20.4. The third-order valence-electron chi connectivity index (χ3n) is 4.14. The van der Waals surface area contributed by atoms with Crippen LogP contribution in [0, 0.1) is 0 Å². The number of piperazine rings is 1. The molecule has 122 valence electrons. The average Bonchev–Trinajstić information content (AvgIpc) is 3.05. The second kappa shape index (κ2) is 7.34. The van der Waals surface area contributed by atoms with Crippen LogP contribution in [0.5, 0.6) is 0 Å². The number of aryl methyl sites for hydroxylation is 1. The molecule has 7 nitrogen and oxygen atoms in total. The Labute approximate surface area is 135 Å². The summed E-state index contributed by atoms with van der Waals surface area (Å²) in [5, 5.41) is 1.01. The summed E-state index contributed by atoms with van der Waals surface area (Å²) < 4.78 is 9.63. The van der Waals surface area contributed by atoms with Crippen molar-refractivity contribution in [1.82, 2.24) is 19.2 Å². The fourth-order valence-corrected chi connectivity index (χ4v) is 3.52. The Balaban J connectivity index is 1.46. The van der Waals surface area contributed by atoms with Gasteiger partial charge in [-0.15, -0.1) is 0 Å². The zero-order valence-electron chi connectivity index (χ0n) is 13.0. The number of hydrogen-bond donors (Lipinski definition) is 0. The number of carbonyl (C=O) groups excluding carboxylic acids is 1. The van der Waals surface area contributed by atoms with E-state index in [4.69, 9.17) is 4.74 Å². The molecule has 8 heteroatoms. The Morgan fingerprint density at radius 3 is 2.55 bits per heavy atom. The van der Waals surface area contributed by atoms with Gasteiger partial charge in [-0.3, -0.25) is 9.69 Å². The molecule has 2 aliphatic heterocycles. The first kappa shape index (κ1) is 15.6. The highest BCUT2D eigenvalue weighted by atomic mass is 32.1. The Morgan fingerprint density at radius 2 is 1.91 bits per heavy atom. The largest absolute Gasteiger partial charge is 0.378 e. The van der Waals surface area contributed by atoms with Crippen LogP contribution in [0.4, 0.5) is 5.13 Å². The summed E-state index contributed by atoms with van der Waals surface area (Å²) >= 11 is 1.48. The number of ether oxygens (including phenoxy) is 1. The Bertz CT molecular complexity index is 495. The standard InChI is InChI=1S/C14H23N5O2S/c1-2-12-15-14(22-16-12)19-5-3-17(4-6-19)11-13(20)18-7-9-21-10-8-18/h2-11H2,1H3. The van der Waals surface area contributed by atoms with E-state index in [1.54, 1.807) is 0 Å². The minimum Gasteiger partial charge on any atom is -0.378 e. The second-order valence-corrected chi connectivity index (χ2v) is 6.33. The van der Waals surface area contributed by atoms with Crippen molar-refractivity contribution in [1.29, 1.82) is 0 Å². The summed E-state index contributed by atoms with van der Waals surface area (Å²) in [5.74, 6) is 1.14. The van der Waals surface area contributed by atoms with Crippen molar-refractivity contribution in [3.05, 3.63) is 5.82 Å². The van der Waals surface area contributed by atoms with Gasteiger partial charge in [0.2, 0.25) is 11.0 Å².